The van der Waals surface area contributed by atoms with Crippen LogP contribution in [0.5, 0.6) is 0 Å². The molecule has 1 rings (SSSR count). The molecular formula is C6H7N3O2. The SMILES string of the molecule is CNC(=O)c1n[nH]ccc1=O. The van der Waals surface area contributed by atoms with Crippen molar-refractivity contribution >= 4 is 5.91 Å². The number of rotatable bonds is 1. The van der Waals surface area contributed by atoms with Crippen molar-refractivity contribution in [2.45, 2.75) is 0 Å². The number of carbonyl (C=O) groups excluding carboxylic acids is 1. The first-order valence-corrected chi connectivity index (χ1v) is 3.02. The molecule has 5 heteroatoms. The minimum Gasteiger partial charge on any atom is -0.354 e. The second kappa shape index (κ2) is 2.96. The Morgan fingerprint density at radius 2 is 2.45 bits per heavy atom. The van der Waals surface area contributed by atoms with Gasteiger partial charge in [-0.05, 0) is 0 Å². The number of nitrogens with zero attached hydrogens (tertiary/aromatic N) is 1. The summed E-state index contributed by atoms with van der Waals surface area (Å²) in [6.07, 6.45) is 1.37. The van der Waals surface area contributed by atoms with Gasteiger partial charge in [0, 0.05) is 19.3 Å². The maximum Gasteiger partial charge on any atom is 0.275 e. The largest absolute Gasteiger partial charge is 0.354 e. The van der Waals surface area contributed by atoms with E-state index in [9.17, 15) is 9.59 Å². The van der Waals surface area contributed by atoms with E-state index < -0.39 is 5.91 Å². The van der Waals surface area contributed by atoms with Crippen LogP contribution in [0.4, 0.5) is 0 Å². The Hall–Kier alpha value is -1.65. The van der Waals surface area contributed by atoms with Crippen molar-refractivity contribution < 1.29 is 4.79 Å². The molecule has 0 saturated carbocycles. The number of amides is 1. The van der Waals surface area contributed by atoms with Crippen LogP contribution in [0.1, 0.15) is 10.5 Å². The van der Waals surface area contributed by atoms with E-state index >= 15 is 0 Å². The standard InChI is InChI=1S/C6H7N3O2/c1-7-6(11)5-4(10)2-3-8-9-5/h2-3H,1H3,(H,7,11)(H,8,10). The van der Waals surface area contributed by atoms with Crippen molar-refractivity contribution in [1.82, 2.24) is 15.5 Å². The Labute approximate surface area is 62.4 Å². The second-order valence-corrected chi connectivity index (χ2v) is 1.87. The lowest BCUT2D eigenvalue weighted by Crippen LogP contribution is -2.26. The molecule has 1 amide bonds. The van der Waals surface area contributed by atoms with Crippen molar-refractivity contribution in [2.24, 2.45) is 0 Å². The maximum absolute atomic E-state index is 10.9. The molecular weight excluding hydrogens is 146 g/mol. The van der Waals surface area contributed by atoms with Crippen LogP contribution in [0.3, 0.4) is 0 Å². The van der Waals surface area contributed by atoms with Crippen LogP contribution < -0.4 is 10.7 Å². The fourth-order valence-electron chi connectivity index (χ4n) is 0.630. The summed E-state index contributed by atoms with van der Waals surface area (Å²) in [5.41, 5.74) is -0.502. The van der Waals surface area contributed by atoms with Gasteiger partial charge in [-0.15, -0.1) is 0 Å². The molecule has 0 bridgehead atoms. The summed E-state index contributed by atoms with van der Waals surface area (Å²) >= 11 is 0. The van der Waals surface area contributed by atoms with Gasteiger partial charge in [-0.1, -0.05) is 0 Å². The zero-order valence-electron chi connectivity index (χ0n) is 5.92. The molecule has 0 fully saturated rings. The van der Waals surface area contributed by atoms with Crippen molar-refractivity contribution in [3.63, 3.8) is 0 Å². The second-order valence-electron chi connectivity index (χ2n) is 1.87. The van der Waals surface area contributed by atoms with Gasteiger partial charge in [-0.2, -0.15) is 5.10 Å². The van der Waals surface area contributed by atoms with E-state index in [2.05, 4.69) is 15.5 Å². The van der Waals surface area contributed by atoms with Gasteiger partial charge in [-0.25, -0.2) is 0 Å². The molecule has 11 heavy (non-hydrogen) atoms. The van der Waals surface area contributed by atoms with Gasteiger partial charge < -0.3 is 5.32 Å². The zero-order chi connectivity index (χ0) is 8.27. The fraction of sp³-hybridized carbons (Fsp3) is 0.167. The number of nitrogens with one attached hydrogen (secondary N) is 2. The normalized spacial score (nSPS) is 9.18. The quantitative estimate of drug-likeness (QED) is 0.550. The van der Waals surface area contributed by atoms with Gasteiger partial charge in [0.15, 0.2) is 5.69 Å². The lowest BCUT2D eigenvalue weighted by Gasteiger charge is -1.94. The molecule has 58 valence electrons. The van der Waals surface area contributed by atoms with Crippen LogP contribution in [0.25, 0.3) is 0 Å². The first-order chi connectivity index (χ1) is 5.25. The molecule has 0 radical (unpaired) electrons. The van der Waals surface area contributed by atoms with Crippen LogP contribution in [-0.2, 0) is 0 Å². The summed E-state index contributed by atoms with van der Waals surface area (Å²) in [5, 5.41) is 8.21. The summed E-state index contributed by atoms with van der Waals surface area (Å²) in [6.45, 7) is 0. The van der Waals surface area contributed by atoms with E-state index in [-0.39, 0.29) is 11.1 Å². The molecule has 0 aliphatic heterocycles. The smallest absolute Gasteiger partial charge is 0.275 e. The average molecular weight is 153 g/mol. The van der Waals surface area contributed by atoms with Crippen LogP contribution in [0, 0.1) is 0 Å². The van der Waals surface area contributed by atoms with Gasteiger partial charge in [0.25, 0.3) is 5.91 Å². The van der Waals surface area contributed by atoms with Gasteiger partial charge in [0.05, 0.1) is 0 Å². The Kier molecular flexibility index (Phi) is 2.00. The summed E-state index contributed by atoms with van der Waals surface area (Å²) in [4.78, 5) is 21.7. The van der Waals surface area contributed by atoms with Crippen LogP contribution in [0.2, 0.25) is 0 Å². The maximum atomic E-state index is 10.9. The Morgan fingerprint density at radius 3 is 3.00 bits per heavy atom. The number of aromatic nitrogens is 2. The van der Waals surface area contributed by atoms with E-state index in [1.807, 2.05) is 0 Å². The van der Waals surface area contributed by atoms with Crippen LogP contribution in [-0.4, -0.2) is 23.2 Å². The molecule has 0 spiro atoms. The number of H-pyrrole nitrogens is 1. The molecule has 0 aliphatic rings. The minimum absolute atomic E-state index is 0.116. The van der Waals surface area contributed by atoms with Crippen LogP contribution in [0.15, 0.2) is 17.1 Å². The summed E-state index contributed by atoms with van der Waals surface area (Å²) in [5.74, 6) is -0.480. The third-order valence-electron chi connectivity index (χ3n) is 1.16. The highest BCUT2D eigenvalue weighted by molar-refractivity contribution is 5.91. The fourth-order valence-corrected chi connectivity index (χ4v) is 0.630. The van der Waals surface area contributed by atoms with Gasteiger partial charge in [0.2, 0.25) is 5.43 Å². The van der Waals surface area contributed by atoms with E-state index in [1.165, 1.54) is 19.3 Å². The Balaban J connectivity index is 3.14. The first kappa shape index (κ1) is 7.46. The molecule has 2 N–H and O–H groups in total. The third-order valence-corrected chi connectivity index (χ3v) is 1.16. The molecule has 0 atom stereocenters. The van der Waals surface area contributed by atoms with E-state index in [0.717, 1.165) is 0 Å². The van der Waals surface area contributed by atoms with Crippen molar-refractivity contribution in [3.05, 3.63) is 28.2 Å². The van der Waals surface area contributed by atoms with Gasteiger partial charge in [0.1, 0.15) is 0 Å². The van der Waals surface area contributed by atoms with Crippen molar-refractivity contribution in [2.75, 3.05) is 7.05 Å². The predicted octanol–water partition coefficient (Wildman–Crippen LogP) is -0.871. The van der Waals surface area contributed by atoms with Crippen LogP contribution >= 0.6 is 0 Å². The number of aromatic amines is 1. The summed E-state index contributed by atoms with van der Waals surface area (Å²) < 4.78 is 0. The summed E-state index contributed by atoms with van der Waals surface area (Å²) in [6, 6.07) is 1.25. The van der Waals surface area contributed by atoms with Gasteiger partial charge in [-0.3, -0.25) is 14.7 Å². The first-order valence-electron chi connectivity index (χ1n) is 3.02. The third kappa shape index (κ3) is 1.43. The molecule has 5 nitrogen and oxygen atoms in total. The molecule has 1 heterocycles. The molecule has 1 aromatic rings. The number of hydrogen-bond acceptors (Lipinski definition) is 3. The molecule has 1 aromatic heterocycles. The highest BCUT2D eigenvalue weighted by Crippen LogP contribution is 1.79. The molecule has 0 unspecified atom stereocenters. The van der Waals surface area contributed by atoms with E-state index in [4.69, 9.17) is 0 Å². The highest BCUT2D eigenvalue weighted by atomic mass is 16.2. The highest BCUT2D eigenvalue weighted by Gasteiger charge is 2.07. The lowest BCUT2D eigenvalue weighted by molar-refractivity contribution is 0.0956. The number of hydrogen-bond donors (Lipinski definition) is 2. The van der Waals surface area contributed by atoms with E-state index in [0.29, 0.717) is 0 Å². The average Bonchev–Trinajstić information content (AvgIpc) is 2.04. The Morgan fingerprint density at radius 1 is 1.73 bits per heavy atom. The predicted molar refractivity (Wildman–Crippen MR) is 38.2 cm³/mol. The molecule has 0 aliphatic carbocycles. The molecule has 0 aromatic carbocycles. The lowest BCUT2D eigenvalue weighted by atomic mass is 10.3. The summed E-state index contributed by atoms with van der Waals surface area (Å²) in [7, 11) is 1.44. The topological polar surface area (TPSA) is 74.8 Å². The zero-order valence-corrected chi connectivity index (χ0v) is 5.92. The van der Waals surface area contributed by atoms with E-state index in [1.54, 1.807) is 0 Å². The van der Waals surface area contributed by atoms with Crippen molar-refractivity contribution in [1.29, 1.82) is 0 Å². The minimum atomic E-state index is -0.480. The van der Waals surface area contributed by atoms with Crippen molar-refractivity contribution in [3.8, 4) is 0 Å². The monoisotopic (exact) mass is 153 g/mol. The van der Waals surface area contributed by atoms with Gasteiger partial charge >= 0.3 is 0 Å². The Bertz CT molecular complexity index is 318. The number of carbonyl (C=O) groups is 1. The molecule has 0 saturated heterocycles.